The van der Waals surface area contributed by atoms with E-state index in [1.54, 1.807) is 43.5 Å². The molecule has 0 radical (unpaired) electrons. The Bertz CT molecular complexity index is 836. The second kappa shape index (κ2) is 9.23. The first kappa shape index (κ1) is 19.7. The van der Waals surface area contributed by atoms with Crippen LogP contribution in [0.2, 0.25) is 0 Å². The van der Waals surface area contributed by atoms with Crippen LogP contribution < -0.4 is 25.4 Å². The monoisotopic (exact) mass is 383 g/mol. The quantitative estimate of drug-likeness (QED) is 0.652. The van der Waals surface area contributed by atoms with E-state index < -0.39 is 0 Å². The predicted octanol–water partition coefficient (Wildman–Crippen LogP) is 2.51. The number of carbonyl (C=O) groups is 2. The van der Waals surface area contributed by atoms with Crippen LogP contribution in [0.5, 0.6) is 11.5 Å². The number of para-hydroxylation sites is 2. The highest BCUT2D eigenvalue weighted by atomic mass is 16.5. The van der Waals surface area contributed by atoms with Crippen molar-refractivity contribution in [3.05, 3.63) is 48.5 Å². The number of benzene rings is 2. The van der Waals surface area contributed by atoms with Crippen LogP contribution in [0.4, 0.5) is 11.4 Å². The summed E-state index contributed by atoms with van der Waals surface area (Å²) in [5, 5.41) is 8.86. The maximum atomic E-state index is 12.3. The second-order valence-corrected chi connectivity index (χ2v) is 6.76. The number of methoxy groups -OCH3 is 1. The number of hydrogen-bond acceptors (Lipinski definition) is 5. The van der Waals surface area contributed by atoms with Gasteiger partial charge in [0.05, 0.1) is 7.11 Å². The van der Waals surface area contributed by atoms with E-state index in [1.165, 1.54) is 0 Å². The molecular formula is C21H25N3O4. The summed E-state index contributed by atoms with van der Waals surface area (Å²) < 4.78 is 10.7. The molecule has 7 heteroatoms. The minimum absolute atomic E-state index is 0.0190. The molecule has 2 aromatic carbocycles. The Kier molecular flexibility index (Phi) is 6.49. The Balaban J connectivity index is 1.53. The van der Waals surface area contributed by atoms with Gasteiger partial charge in [0.25, 0.3) is 5.91 Å². The van der Waals surface area contributed by atoms with Crippen molar-refractivity contribution in [2.45, 2.75) is 6.92 Å². The summed E-state index contributed by atoms with van der Waals surface area (Å²) in [5.74, 6) is 1.05. The first-order valence-electron chi connectivity index (χ1n) is 9.24. The number of amides is 2. The van der Waals surface area contributed by atoms with Crippen molar-refractivity contribution >= 4 is 23.2 Å². The zero-order valence-corrected chi connectivity index (χ0v) is 16.0. The van der Waals surface area contributed by atoms with E-state index in [-0.39, 0.29) is 24.3 Å². The van der Waals surface area contributed by atoms with Crippen molar-refractivity contribution < 1.29 is 19.1 Å². The van der Waals surface area contributed by atoms with Gasteiger partial charge in [-0.3, -0.25) is 9.59 Å². The number of anilines is 2. The molecule has 0 aliphatic carbocycles. The molecule has 2 aromatic rings. The van der Waals surface area contributed by atoms with Crippen LogP contribution in [0, 0.1) is 11.8 Å². The van der Waals surface area contributed by atoms with Gasteiger partial charge in [0, 0.05) is 17.3 Å². The van der Waals surface area contributed by atoms with Crippen molar-refractivity contribution in [2.24, 2.45) is 11.8 Å². The molecule has 1 saturated heterocycles. The van der Waals surface area contributed by atoms with E-state index in [1.807, 2.05) is 19.1 Å². The van der Waals surface area contributed by atoms with Crippen molar-refractivity contribution in [2.75, 3.05) is 37.4 Å². The zero-order valence-electron chi connectivity index (χ0n) is 16.0. The van der Waals surface area contributed by atoms with E-state index in [2.05, 4.69) is 16.0 Å². The largest absolute Gasteiger partial charge is 0.493 e. The standard InChI is InChI=1S/C21H25N3O4/c1-14(15-11-22-12-15)21(26)24-17-7-5-6-16(10-17)23-20(25)13-28-19-9-4-3-8-18(19)27-2/h3-10,14-15,22H,11-13H2,1-2H3,(H,23,25)(H,24,26). The van der Waals surface area contributed by atoms with E-state index in [0.717, 1.165) is 13.1 Å². The van der Waals surface area contributed by atoms with Gasteiger partial charge in [-0.05, 0) is 49.3 Å². The molecule has 1 fully saturated rings. The first-order valence-corrected chi connectivity index (χ1v) is 9.24. The lowest BCUT2D eigenvalue weighted by Gasteiger charge is -2.31. The Morgan fingerprint density at radius 1 is 1.07 bits per heavy atom. The average Bonchev–Trinajstić information content (AvgIpc) is 2.65. The Morgan fingerprint density at radius 3 is 2.39 bits per heavy atom. The van der Waals surface area contributed by atoms with Crippen LogP contribution in [0.3, 0.4) is 0 Å². The summed E-state index contributed by atoms with van der Waals surface area (Å²) in [7, 11) is 1.55. The van der Waals surface area contributed by atoms with Crippen LogP contribution in [-0.2, 0) is 9.59 Å². The molecule has 3 N–H and O–H groups in total. The molecule has 0 bridgehead atoms. The summed E-state index contributed by atoms with van der Waals surface area (Å²) in [5.41, 5.74) is 1.23. The smallest absolute Gasteiger partial charge is 0.262 e. The Labute approximate surface area is 164 Å². The molecule has 0 aromatic heterocycles. The molecule has 1 atom stereocenters. The average molecular weight is 383 g/mol. The molecule has 7 nitrogen and oxygen atoms in total. The molecule has 2 amide bonds. The maximum absolute atomic E-state index is 12.3. The highest BCUT2D eigenvalue weighted by molar-refractivity contribution is 5.95. The van der Waals surface area contributed by atoms with Crippen molar-refractivity contribution in [1.29, 1.82) is 0 Å². The van der Waals surface area contributed by atoms with E-state index in [9.17, 15) is 9.59 Å². The predicted molar refractivity (Wildman–Crippen MR) is 108 cm³/mol. The molecular weight excluding hydrogens is 358 g/mol. The van der Waals surface area contributed by atoms with E-state index in [0.29, 0.717) is 28.8 Å². The van der Waals surface area contributed by atoms with Gasteiger partial charge in [-0.2, -0.15) is 0 Å². The van der Waals surface area contributed by atoms with Crippen LogP contribution >= 0.6 is 0 Å². The molecule has 1 aliphatic rings. The molecule has 0 saturated carbocycles. The fourth-order valence-corrected chi connectivity index (χ4v) is 2.89. The molecule has 1 unspecified atom stereocenters. The summed E-state index contributed by atoms with van der Waals surface area (Å²) in [6.07, 6.45) is 0. The number of rotatable bonds is 8. The van der Waals surface area contributed by atoms with Gasteiger partial charge in [0.1, 0.15) is 0 Å². The third-order valence-electron chi connectivity index (χ3n) is 4.78. The number of carbonyl (C=O) groups excluding carboxylic acids is 2. The zero-order chi connectivity index (χ0) is 19.9. The molecule has 148 valence electrons. The van der Waals surface area contributed by atoms with E-state index >= 15 is 0 Å². The highest BCUT2D eigenvalue weighted by Gasteiger charge is 2.28. The minimum atomic E-state index is -0.303. The first-order chi connectivity index (χ1) is 13.6. The number of nitrogens with one attached hydrogen (secondary N) is 3. The lowest BCUT2D eigenvalue weighted by Crippen LogP contribution is -2.48. The van der Waals surface area contributed by atoms with Gasteiger partial charge >= 0.3 is 0 Å². The summed E-state index contributed by atoms with van der Waals surface area (Å²) in [4.78, 5) is 24.5. The molecule has 0 spiro atoms. The van der Waals surface area contributed by atoms with Gasteiger partial charge < -0.3 is 25.4 Å². The lowest BCUT2D eigenvalue weighted by molar-refractivity contribution is -0.121. The molecule has 1 aliphatic heterocycles. The summed E-state index contributed by atoms with van der Waals surface area (Å²) in [6, 6.07) is 14.2. The lowest BCUT2D eigenvalue weighted by atomic mass is 9.88. The Hall–Kier alpha value is -3.06. The fraction of sp³-hybridized carbons (Fsp3) is 0.333. The van der Waals surface area contributed by atoms with Gasteiger partial charge in [0.15, 0.2) is 18.1 Å². The SMILES string of the molecule is COc1ccccc1OCC(=O)Nc1cccc(NC(=O)C(C)C2CNC2)c1. The van der Waals surface area contributed by atoms with Gasteiger partial charge in [-0.1, -0.05) is 25.1 Å². The minimum Gasteiger partial charge on any atom is -0.493 e. The highest BCUT2D eigenvalue weighted by Crippen LogP contribution is 2.25. The second-order valence-electron chi connectivity index (χ2n) is 6.76. The van der Waals surface area contributed by atoms with E-state index in [4.69, 9.17) is 9.47 Å². The Morgan fingerprint density at radius 2 is 1.75 bits per heavy atom. The number of ether oxygens (including phenoxy) is 2. The summed E-state index contributed by atoms with van der Waals surface area (Å²) >= 11 is 0. The third-order valence-corrected chi connectivity index (χ3v) is 4.78. The third kappa shape index (κ3) is 5.01. The van der Waals surface area contributed by atoms with Crippen molar-refractivity contribution in [3.8, 4) is 11.5 Å². The van der Waals surface area contributed by atoms with Crippen LogP contribution in [-0.4, -0.2) is 38.6 Å². The molecule has 3 rings (SSSR count). The van der Waals surface area contributed by atoms with Crippen LogP contribution in [0.1, 0.15) is 6.92 Å². The van der Waals surface area contributed by atoms with Crippen LogP contribution in [0.25, 0.3) is 0 Å². The summed E-state index contributed by atoms with van der Waals surface area (Å²) in [6.45, 7) is 3.53. The maximum Gasteiger partial charge on any atom is 0.262 e. The molecule has 28 heavy (non-hydrogen) atoms. The van der Waals surface area contributed by atoms with Gasteiger partial charge in [-0.15, -0.1) is 0 Å². The fourth-order valence-electron chi connectivity index (χ4n) is 2.89. The number of hydrogen-bond donors (Lipinski definition) is 3. The van der Waals surface area contributed by atoms with Crippen LogP contribution in [0.15, 0.2) is 48.5 Å². The topological polar surface area (TPSA) is 88.7 Å². The van der Waals surface area contributed by atoms with Crippen molar-refractivity contribution in [1.82, 2.24) is 5.32 Å². The van der Waals surface area contributed by atoms with Gasteiger partial charge in [0.2, 0.25) is 5.91 Å². The van der Waals surface area contributed by atoms with Crippen molar-refractivity contribution in [3.63, 3.8) is 0 Å². The normalized spacial score (nSPS) is 14.5. The van der Waals surface area contributed by atoms with Gasteiger partial charge in [-0.25, -0.2) is 0 Å². The molecule has 1 heterocycles.